The summed E-state index contributed by atoms with van der Waals surface area (Å²) in [6, 6.07) is 8.52. The minimum atomic E-state index is -3.12. The van der Waals surface area contributed by atoms with Gasteiger partial charge in [0.25, 0.3) is 5.92 Å². The lowest BCUT2D eigenvalue weighted by molar-refractivity contribution is -0.0759. The summed E-state index contributed by atoms with van der Waals surface area (Å²) in [5.74, 6) is -3.12. The minimum Gasteiger partial charge on any atom is -0.465 e. The van der Waals surface area contributed by atoms with Crippen molar-refractivity contribution in [1.82, 2.24) is 35.1 Å². The number of H-pyrrole nitrogens is 1. The van der Waals surface area contributed by atoms with Crippen LogP contribution in [-0.2, 0) is 0 Å². The molecule has 1 saturated heterocycles. The van der Waals surface area contributed by atoms with Crippen LogP contribution in [0.15, 0.2) is 48.9 Å². The summed E-state index contributed by atoms with van der Waals surface area (Å²) >= 11 is 0. The molecule has 158 valence electrons. The van der Waals surface area contributed by atoms with Crippen molar-refractivity contribution in [2.45, 2.75) is 18.4 Å². The van der Waals surface area contributed by atoms with Gasteiger partial charge in [0.15, 0.2) is 0 Å². The molecule has 31 heavy (non-hydrogen) atoms. The Kier molecular flexibility index (Phi) is 4.38. The van der Waals surface area contributed by atoms with Gasteiger partial charge in [-0.25, -0.2) is 18.3 Å². The molecule has 11 heteroatoms. The highest BCUT2D eigenvalue weighted by molar-refractivity contribution is 5.95. The molecule has 1 fully saturated rings. The standard InChI is InChI=1S/C20H17F2N7O2/c21-20(22)8-14(9-28(11-20)19(30)31)29-10-17(25-27-29)13-1-2-16-15(7-13)18(26-24-16)12-3-5-23-6-4-12/h1-7,10,14H,8-9,11H2,(H,24,26)(H,30,31)/t14-/m1/s1. The zero-order valence-corrected chi connectivity index (χ0v) is 16.1. The maximum Gasteiger partial charge on any atom is 0.407 e. The highest BCUT2D eigenvalue weighted by Crippen LogP contribution is 2.34. The van der Waals surface area contributed by atoms with Gasteiger partial charge in [-0.2, -0.15) is 5.10 Å². The number of piperidine rings is 1. The van der Waals surface area contributed by atoms with Crippen LogP contribution in [0.25, 0.3) is 33.4 Å². The molecule has 0 unspecified atom stereocenters. The van der Waals surface area contributed by atoms with E-state index in [9.17, 15) is 13.6 Å². The number of alkyl halides is 2. The van der Waals surface area contributed by atoms with Gasteiger partial charge in [-0.3, -0.25) is 10.1 Å². The molecule has 1 aliphatic heterocycles. The lowest BCUT2D eigenvalue weighted by Crippen LogP contribution is -2.49. The fourth-order valence-electron chi connectivity index (χ4n) is 3.89. The SMILES string of the molecule is O=C(O)N1C[C@H](n2cc(-c3ccc4[nH]nc(-c5ccncc5)c4c3)nn2)CC(F)(F)C1. The Hall–Kier alpha value is -3.89. The molecule has 0 aliphatic carbocycles. The Morgan fingerprint density at radius 2 is 2.00 bits per heavy atom. The van der Waals surface area contributed by atoms with E-state index in [1.165, 1.54) is 4.68 Å². The van der Waals surface area contributed by atoms with Crippen LogP contribution in [0.2, 0.25) is 0 Å². The Balaban J connectivity index is 1.48. The van der Waals surface area contributed by atoms with Crippen LogP contribution < -0.4 is 0 Å². The van der Waals surface area contributed by atoms with Gasteiger partial charge < -0.3 is 10.0 Å². The molecule has 4 aromatic rings. The number of aromatic amines is 1. The van der Waals surface area contributed by atoms with E-state index in [4.69, 9.17) is 5.11 Å². The number of hydrogen-bond donors (Lipinski definition) is 2. The van der Waals surface area contributed by atoms with Crippen molar-refractivity contribution in [3.63, 3.8) is 0 Å². The zero-order valence-electron chi connectivity index (χ0n) is 16.1. The first-order valence-electron chi connectivity index (χ1n) is 9.56. The van der Waals surface area contributed by atoms with E-state index in [1.807, 2.05) is 30.3 Å². The first kappa shape index (κ1) is 19.1. The molecule has 0 saturated carbocycles. The van der Waals surface area contributed by atoms with Crippen LogP contribution in [0.4, 0.5) is 13.6 Å². The predicted molar refractivity (Wildman–Crippen MR) is 107 cm³/mol. The average molecular weight is 425 g/mol. The third kappa shape index (κ3) is 3.58. The second-order valence-electron chi connectivity index (χ2n) is 7.53. The smallest absolute Gasteiger partial charge is 0.407 e. The quantitative estimate of drug-likeness (QED) is 0.520. The van der Waals surface area contributed by atoms with Crippen LogP contribution in [0.1, 0.15) is 12.5 Å². The number of aromatic nitrogens is 6. The number of benzene rings is 1. The number of nitrogens with one attached hydrogen (secondary N) is 1. The monoisotopic (exact) mass is 425 g/mol. The summed E-state index contributed by atoms with van der Waals surface area (Å²) in [5.41, 5.74) is 3.75. The van der Waals surface area contributed by atoms with Crippen LogP contribution in [0.3, 0.4) is 0 Å². The number of halogens is 2. The number of hydrogen-bond acceptors (Lipinski definition) is 5. The molecule has 1 atom stereocenters. The van der Waals surface area contributed by atoms with Crippen LogP contribution in [0.5, 0.6) is 0 Å². The molecule has 3 aromatic heterocycles. The molecule has 0 spiro atoms. The van der Waals surface area contributed by atoms with E-state index < -0.39 is 31.0 Å². The lowest BCUT2D eigenvalue weighted by Gasteiger charge is -2.35. The predicted octanol–water partition coefficient (Wildman–Crippen LogP) is 3.44. The summed E-state index contributed by atoms with van der Waals surface area (Å²) in [6.45, 7) is -0.879. The van der Waals surface area contributed by atoms with E-state index in [-0.39, 0.29) is 6.54 Å². The van der Waals surface area contributed by atoms with E-state index >= 15 is 0 Å². The number of fused-ring (bicyclic) bond motifs is 1. The van der Waals surface area contributed by atoms with Crippen LogP contribution in [-0.4, -0.2) is 65.3 Å². The first-order chi connectivity index (χ1) is 14.9. The Morgan fingerprint density at radius 3 is 2.77 bits per heavy atom. The number of rotatable bonds is 3. The highest BCUT2D eigenvalue weighted by Gasteiger charge is 2.43. The summed E-state index contributed by atoms with van der Waals surface area (Å²) in [4.78, 5) is 16.0. The number of carbonyl (C=O) groups is 1. The molecule has 1 aliphatic rings. The van der Waals surface area contributed by atoms with Gasteiger partial charge >= 0.3 is 6.09 Å². The lowest BCUT2D eigenvalue weighted by atomic mass is 10.0. The number of nitrogens with zero attached hydrogens (tertiary/aromatic N) is 6. The van der Waals surface area contributed by atoms with Gasteiger partial charge in [-0.05, 0) is 24.3 Å². The molecular formula is C20H17F2N7O2. The first-order valence-corrected chi connectivity index (χ1v) is 9.56. The second kappa shape index (κ2) is 7.11. The zero-order chi connectivity index (χ0) is 21.6. The maximum absolute atomic E-state index is 14.0. The average Bonchev–Trinajstić information content (AvgIpc) is 3.40. The van der Waals surface area contributed by atoms with Crippen molar-refractivity contribution < 1.29 is 18.7 Å². The van der Waals surface area contributed by atoms with E-state index in [0.717, 1.165) is 27.7 Å². The van der Waals surface area contributed by atoms with Crippen molar-refractivity contribution in [3.05, 3.63) is 48.9 Å². The largest absolute Gasteiger partial charge is 0.465 e. The number of amides is 1. The van der Waals surface area contributed by atoms with Crippen molar-refractivity contribution in [2.24, 2.45) is 0 Å². The van der Waals surface area contributed by atoms with Gasteiger partial charge in [0.05, 0.1) is 24.3 Å². The molecule has 0 bridgehead atoms. The second-order valence-corrected chi connectivity index (χ2v) is 7.53. The van der Waals surface area contributed by atoms with Crippen molar-refractivity contribution in [2.75, 3.05) is 13.1 Å². The van der Waals surface area contributed by atoms with Gasteiger partial charge in [-0.15, -0.1) is 5.10 Å². The van der Waals surface area contributed by atoms with Gasteiger partial charge in [0, 0.05) is 41.9 Å². The van der Waals surface area contributed by atoms with Gasteiger partial charge in [0.1, 0.15) is 11.4 Å². The fourth-order valence-corrected chi connectivity index (χ4v) is 3.89. The highest BCUT2D eigenvalue weighted by atomic mass is 19.3. The fraction of sp³-hybridized carbons (Fsp3) is 0.250. The third-order valence-electron chi connectivity index (χ3n) is 5.35. The minimum absolute atomic E-state index is 0.0688. The molecule has 1 aromatic carbocycles. The third-order valence-corrected chi connectivity index (χ3v) is 5.35. The van der Waals surface area contributed by atoms with Crippen molar-refractivity contribution in [1.29, 1.82) is 0 Å². The molecule has 2 N–H and O–H groups in total. The van der Waals surface area contributed by atoms with E-state index in [0.29, 0.717) is 10.6 Å². The normalized spacial score (nSPS) is 18.4. The number of likely N-dealkylation sites (tertiary alicyclic amines) is 1. The van der Waals surface area contributed by atoms with Crippen molar-refractivity contribution >= 4 is 17.0 Å². The van der Waals surface area contributed by atoms with E-state index in [1.54, 1.807) is 18.6 Å². The number of pyridine rings is 1. The molecular weight excluding hydrogens is 408 g/mol. The topological polar surface area (TPSA) is 113 Å². The summed E-state index contributed by atoms with van der Waals surface area (Å²) in [6.07, 6.45) is 3.07. The van der Waals surface area contributed by atoms with Crippen molar-refractivity contribution in [3.8, 4) is 22.5 Å². The number of carboxylic acid groups (broad SMARTS) is 1. The van der Waals surface area contributed by atoms with Crippen LogP contribution >= 0.6 is 0 Å². The maximum atomic E-state index is 14.0. The summed E-state index contributed by atoms with van der Waals surface area (Å²) < 4.78 is 29.4. The van der Waals surface area contributed by atoms with Gasteiger partial charge in [0.2, 0.25) is 0 Å². The molecule has 4 heterocycles. The van der Waals surface area contributed by atoms with Gasteiger partial charge in [-0.1, -0.05) is 11.3 Å². The Bertz CT molecular complexity index is 1250. The molecule has 9 nitrogen and oxygen atoms in total. The Labute approximate surface area is 174 Å². The molecule has 5 rings (SSSR count). The molecule has 0 radical (unpaired) electrons. The van der Waals surface area contributed by atoms with E-state index in [2.05, 4.69) is 25.5 Å². The summed E-state index contributed by atoms with van der Waals surface area (Å²) in [7, 11) is 0. The summed E-state index contributed by atoms with van der Waals surface area (Å²) in [5, 5.41) is 25.5. The Morgan fingerprint density at radius 1 is 1.19 bits per heavy atom. The van der Waals surface area contributed by atoms with Crippen LogP contribution in [0, 0.1) is 0 Å². The molecule has 1 amide bonds.